The van der Waals surface area contributed by atoms with Gasteiger partial charge in [0.1, 0.15) is 5.82 Å². The number of nitrogens with two attached hydrogens (primary N) is 1. The molecular weight excluding hydrogens is 242 g/mol. The van der Waals surface area contributed by atoms with E-state index < -0.39 is 0 Å². The molecule has 0 aromatic carbocycles. The lowest BCUT2D eigenvalue weighted by molar-refractivity contribution is 0.233. The van der Waals surface area contributed by atoms with E-state index in [0.29, 0.717) is 0 Å². The van der Waals surface area contributed by atoms with Gasteiger partial charge in [0.25, 0.3) is 0 Å². The monoisotopic (exact) mass is 261 g/mol. The number of rotatable bonds is 4. The Morgan fingerprint density at radius 1 is 1.50 bits per heavy atom. The first-order chi connectivity index (χ1) is 7.34. The van der Waals surface area contributed by atoms with Crippen LogP contribution in [0.2, 0.25) is 0 Å². The Labute approximate surface area is 105 Å². The summed E-state index contributed by atoms with van der Waals surface area (Å²) in [6, 6.07) is -0.0771. The minimum absolute atomic E-state index is 0.0276. The molecule has 0 aliphatic heterocycles. The fraction of sp³-hybridized carbons (Fsp3) is 0.800. The summed E-state index contributed by atoms with van der Waals surface area (Å²) in [5.74, 6) is 0.772. The molecule has 16 heavy (non-hydrogen) atoms. The predicted octanol–water partition coefficient (Wildman–Crippen LogP) is 1.67. The number of aromatic nitrogens is 2. The van der Waals surface area contributed by atoms with Crippen molar-refractivity contribution in [1.29, 1.82) is 0 Å². The van der Waals surface area contributed by atoms with Crippen molar-refractivity contribution in [3.05, 3.63) is 5.82 Å². The third-order valence-electron chi connectivity index (χ3n) is 2.34. The van der Waals surface area contributed by atoms with Crippen molar-refractivity contribution in [3.8, 4) is 0 Å². The first-order valence-corrected chi connectivity index (χ1v) is 6.83. The van der Waals surface area contributed by atoms with Gasteiger partial charge < -0.3 is 10.8 Å². The standard InChI is InChI=1S/C10H19N3OS2/c1-6-12-9(16-13-6)15-7(5-14)8(11)10(2,3)4/h7-8,14H,5,11H2,1-4H3. The van der Waals surface area contributed by atoms with Gasteiger partial charge in [0.05, 0.1) is 11.9 Å². The van der Waals surface area contributed by atoms with Crippen molar-refractivity contribution in [1.82, 2.24) is 9.36 Å². The average molecular weight is 261 g/mol. The lowest BCUT2D eigenvalue weighted by Gasteiger charge is -2.32. The van der Waals surface area contributed by atoms with Crippen molar-refractivity contribution in [2.45, 2.75) is 43.3 Å². The molecule has 0 saturated heterocycles. The summed E-state index contributed by atoms with van der Waals surface area (Å²) >= 11 is 2.87. The third-order valence-corrected chi connectivity index (χ3v) is 4.49. The summed E-state index contributed by atoms with van der Waals surface area (Å²) in [5, 5.41) is 9.35. The number of aliphatic hydroxyl groups excluding tert-OH is 1. The van der Waals surface area contributed by atoms with Crippen molar-refractivity contribution in [2.24, 2.45) is 11.1 Å². The van der Waals surface area contributed by atoms with Crippen molar-refractivity contribution in [3.63, 3.8) is 0 Å². The molecule has 1 aromatic heterocycles. The summed E-state index contributed by atoms with van der Waals surface area (Å²) in [6.07, 6.45) is 0. The van der Waals surface area contributed by atoms with Crippen LogP contribution < -0.4 is 5.73 Å². The van der Waals surface area contributed by atoms with E-state index >= 15 is 0 Å². The summed E-state index contributed by atoms with van der Waals surface area (Å²) in [5.41, 5.74) is 6.11. The number of hydrogen-bond acceptors (Lipinski definition) is 6. The lowest BCUT2D eigenvalue weighted by Crippen LogP contribution is -2.45. The summed E-state index contributed by atoms with van der Waals surface area (Å²) < 4.78 is 4.98. The zero-order chi connectivity index (χ0) is 12.3. The Hall–Kier alpha value is -0.170. The maximum Gasteiger partial charge on any atom is 0.170 e. The molecular formula is C10H19N3OS2. The second-order valence-electron chi connectivity index (χ2n) is 4.84. The van der Waals surface area contributed by atoms with Gasteiger partial charge in [-0.1, -0.05) is 32.5 Å². The highest BCUT2D eigenvalue weighted by Crippen LogP contribution is 2.32. The number of thioether (sulfide) groups is 1. The quantitative estimate of drug-likeness (QED) is 0.807. The van der Waals surface area contributed by atoms with Crippen molar-refractivity contribution < 1.29 is 5.11 Å². The van der Waals surface area contributed by atoms with Gasteiger partial charge >= 0.3 is 0 Å². The van der Waals surface area contributed by atoms with Gasteiger partial charge in [-0.15, -0.1) is 0 Å². The van der Waals surface area contributed by atoms with Crippen LogP contribution in [-0.2, 0) is 0 Å². The number of aryl methyl sites for hydroxylation is 1. The maximum atomic E-state index is 9.38. The van der Waals surface area contributed by atoms with Crippen LogP contribution in [-0.4, -0.2) is 32.4 Å². The van der Waals surface area contributed by atoms with Crippen molar-refractivity contribution in [2.75, 3.05) is 6.61 Å². The van der Waals surface area contributed by atoms with Crippen LogP contribution in [0.4, 0.5) is 0 Å². The second kappa shape index (κ2) is 5.44. The first-order valence-electron chi connectivity index (χ1n) is 5.18. The van der Waals surface area contributed by atoms with E-state index in [4.69, 9.17) is 5.73 Å². The highest BCUT2D eigenvalue weighted by molar-refractivity contribution is 8.01. The predicted molar refractivity (Wildman–Crippen MR) is 68.8 cm³/mol. The molecule has 0 radical (unpaired) electrons. The van der Waals surface area contributed by atoms with E-state index in [1.165, 1.54) is 23.3 Å². The fourth-order valence-electron chi connectivity index (χ4n) is 1.24. The molecule has 0 amide bonds. The van der Waals surface area contributed by atoms with Gasteiger partial charge in [0, 0.05) is 6.04 Å². The van der Waals surface area contributed by atoms with Gasteiger partial charge in [-0.05, 0) is 23.9 Å². The topological polar surface area (TPSA) is 72.0 Å². The normalized spacial score (nSPS) is 16.1. The van der Waals surface area contributed by atoms with Crippen LogP contribution in [0.3, 0.4) is 0 Å². The molecule has 3 N–H and O–H groups in total. The number of nitrogens with zero attached hydrogens (tertiary/aromatic N) is 2. The highest BCUT2D eigenvalue weighted by atomic mass is 32.2. The van der Waals surface area contributed by atoms with Crippen LogP contribution in [0.25, 0.3) is 0 Å². The summed E-state index contributed by atoms with van der Waals surface area (Å²) in [7, 11) is 0. The molecule has 6 heteroatoms. The Balaban J connectivity index is 2.69. The third kappa shape index (κ3) is 3.69. The zero-order valence-electron chi connectivity index (χ0n) is 10.1. The van der Waals surface area contributed by atoms with E-state index in [1.807, 2.05) is 6.92 Å². The van der Waals surface area contributed by atoms with Crippen LogP contribution in [0.5, 0.6) is 0 Å². The Kier molecular flexibility index (Phi) is 4.73. The molecule has 0 aliphatic carbocycles. The fourth-order valence-corrected chi connectivity index (χ4v) is 3.39. The molecule has 0 saturated carbocycles. The minimum atomic E-state index is -0.0771. The molecule has 92 valence electrons. The molecule has 1 rings (SSSR count). The second-order valence-corrected chi connectivity index (χ2v) is 7.08. The molecule has 0 bridgehead atoms. The van der Waals surface area contributed by atoms with Gasteiger partial charge in [0.2, 0.25) is 0 Å². The molecule has 0 fully saturated rings. The van der Waals surface area contributed by atoms with Crippen LogP contribution in [0, 0.1) is 12.3 Å². The smallest absolute Gasteiger partial charge is 0.170 e. The SMILES string of the molecule is Cc1nsc(SC(CO)C(N)C(C)(C)C)n1. The molecule has 2 atom stereocenters. The maximum absolute atomic E-state index is 9.38. The number of hydrogen-bond donors (Lipinski definition) is 2. The van der Waals surface area contributed by atoms with Crippen LogP contribution >= 0.6 is 23.3 Å². The van der Waals surface area contributed by atoms with Gasteiger partial charge in [-0.25, -0.2) is 4.98 Å². The van der Waals surface area contributed by atoms with E-state index in [2.05, 4.69) is 30.1 Å². The molecule has 0 aliphatic rings. The zero-order valence-corrected chi connectivity index (χ0v) is 11.7. The van der Waals surface area contributed by atoms with E-state index in [9.17, 15) is 5.11 Å². The molecule has 1 heterocycles. The average Bonchev–Trinajstić information content (AvgIpc) is 2.58. The van der Waals surface area contributed by atoms with Gasteiger partial charge in [0.15, 0.2) is 4.34 Å². The highest BCUT2D eigenvalue weighted by Gasteiger charge is 2.30. The molecule has 4 nitrogen and oxygen atoms in total. The van der Waals surface area contributed by atoms with E-state index in [-0.39, 0.29) is 23.3 Å². The first kappa shape index (κ1) is 13.9. The lowest BCUT2D eigenvalue weighted by atomic mass is 9.85. The number of aliphatic hydroxyl groups is 1. The van der Waals surface area contributed by atoms with E-state index in [1.54, 1.807) is 0 Å². The van der Waals surface area contributed by atoms with E-state index in [0.717, 1.165) is 10.2 Å². The minimum Gasteiger partial charge on any atom is -0.395 e. The summed E-state index contributed by atoms with van der Waals surface area (Å²) in [4.78, 5) is 4.27. The summed E-state index contributed by atoms with van der Waals surface area (Å²) in [6.45, 7) is 8.14. The molecule has 2 unspecified atom stereocenters. The Bertz CT molecular complexity index is 335. The van der Waals surface area contributed by atoms with Gasteiger partial charge in [-0.3, -0.25) is 0 Å². The van der Waals surface area contributed by atoms with Gasteiger partial charge in [-0.2, -0.15) is 4.37 Å². The Morgan fingerprint density at radius 3 is 2.50 bits per heavy atom. The molecule has 0 spiro atoms. The Morgan fingerprint density at radius 2 is 2.12 bits per heavy atom. The largest absolute Gasteiger partial charge is 0.395 e. The molecule has 1 aromatic rings. The van der Waals surface area contributed by atoms with Crippen LogP contribution in [0.15, 0.2) is 4.34 Å². The van der Waals surface area contributed by atoms with Crippen molar-refractivity contribution >= 4 is 23.3 Å². The van der Waals surface area contributed by atoms with Crippen LogP contribution in [0.1, 0.15) is 26.6 Å².